The summed E-state index contributed by atoms with van der Waals surface area (Å²) in [5.74, 6) is 1.19. The van der Waals surface area contributed by atoms with E-state index in [1.165, 1.54) is 45.4 Å². The Balaban J connectivity index is 2.22. The molecule has 0 fully saturated rings. The van der Waals surface area contributed by atoms with Gasteiger partial charge in [-0.3, -0.25) is 0 Å². The number of aliphatic imine (C=N–C) groups is 1. The molecule has 0 unspecified atom stereocenters. The van der Waals surface area contributed by atoms with Gasteiger partial charge in [0.05, 0.1) is 5.16 Å². The minimum absolute atomic E-state index is 0.860. The molecule has 24 heavy (non-hydrogen) atoms. The summed E-state index contributed by atoms with van der Waals surface area (Å²) in [5.41, 5.74) is 3.29. The molecule has 1 nitrogen and oxygen atoms in total. The molecule has 0 aliphatic heterocycles. The minimum Gasteiger partial charge on any atom is -0.200 e. The van der Waals surface area contributed by atoms with Gasteiger partial charge in [0.15, 0.2) is 0 Å². The predicted molar refractivity (Wildman–Crippen MR) is 112 cm³/mol. The molecule has 0 saturated heterocycles. The molecule has 2 aromatic rings. The van der Waals surface area contributed by atoms with Crippen LogP contribution in [0.4, 0.5) is 0 Å². The van der Waals surface area contributed by atoms with Crippen LogP contribution in [0.3, 0.4) is 0 Å². The van der Waals surface area contributed by atoms with Gasteiger partial charge >= 0.3 is 0 Å². The van der Waals surface area contributed by atoms with Gasteiger partial charge in [-0.1, -0.05) is 37.6 Å². The quantitative estimate of drug-likeness (QED) is 0.172. The zero-order valence-electron chi connectivity index (χ0n) is 14.5. The average molecular weight is 354 g/mol. The van der Waals surface area contributed by atoms with Crippen molar-refractivity contribution in [1.29, 1.82) is 0 Å². The molecule has 0 aliphatic rings. The van der Waals surface area contributed by atoms with Crippen molar-refractivity contribution in [2.45, 2.75) is 38.5 Å². The molecule has 0 amide bonds. The molecule has 2 rings (SSSR count). The highest BCUT2D eigenvalue weighted by molar-refractivity contribution is 7.99. The standard InChI is InChI=1S/C21H23NS2/c1-4-5-12-24-21-11-10-19-13-18(8-9-20(19)14-21)16(2)6-7-17(3)22-15-23/h6-11,13-14H,4-5,12H2,1-3H3/b16-6+,17-7+. The molecule has 0 radical (unpaired) electrons. The molecule has 3 heteroatoms. The number of nitrogens with zero attached hydrogens (tertiary/aromatic N) is 1. The number of hydrogen-bond acceptors (Lipinski definition) is 3. The lowest BCUT2D eigenvalue weighted by atomic mass is 10.0. The minimum atomic E-state index is 0.860. The van der Waals surface area contributed by atoms with E-state index in [9.17, 15) is 0 Å². The maximum absolute atomic E-state index is 4.62. The molecule has 0 heterocycles. The maximum Gasteiger partial charge on any atom is 0.0637 e. The van der Waals surface area contributed by atoms with Gasteiger partial charge in [-0.2, -0.15) is 4.99 Å². The van der Waals surface area contributed by atoms with Gasteiger partial charge in [-0.15, -0.1) is 11.8 Å². The fraction of sp³-hybridized carbons (Fsp3) is 0.286. The summed E-state index contributed by atoms with van der Waals surface area (Å²) >= 11 is 6.56. The molecule has 0 spiro atoms. The molecule has 0 aliphatic carbocycles. The normalized spacial score (nSPS) is 12.3. The van der Waals surface area contributed by atoms with Crippen LogP contribution in [0.25, 0.3) is 16.3 Å². The summed E-state index contributed by atoms with van der Waals surface area (Å²) in [6.45, 7) is 6.26. The maximum atomic E-state index is 4.62. The van der Waals surface area contributed by atoms with Crippen molar-refractivity contribution >= 4 is 45.5 Å². The largest absolute Gasteiger partial charge is 0.200 e. The van der Waals surface area contributed by atoms with E-state index in [0.717, 1.165) is 5.70 Å². The summed E-state index contributed by atoms with van der Waals surface area (Å²) in [6, 6.07) is 13.4. The highest BCUT2D eigenvalue weighted by atomic mass is 32.2. The van der Waals surface area contributed by atoms with E-state index in [1.54, 1.807) is 0 Å². The fourth-order valence-corrected chi connectivity index (χ4v) is 3.53. The highest BCUT2D eigenvalue weighted by Crippen LogP contribution is 2.27. The number of unbranched alkanes of at least 4 members (excludes halogenated alkanes) is 1. The van der Waals surface area contributed by atoms with Gasteiger partial charge < -0.3 is 0 Å². The SMILES string of the molecule is CCCCSc1ccc2cc(/C(C)=C/C=C(\C)N=C=S)ccc2c1. The van der Waals surface area contributed by atoms with E-state index < -0.39 is 0 Å². The number of thioether (sulfide) groups is 1. The Morgan fingerprint density at radius 2 is 1.88 bits per heavy atom. The number of isothiocyanates is 1. The van der Waals surface area contributed by atoms with Crippen LogP contribution in [0.1, 0.15) is 39.2 Å². The molecular formula is C21H23NS2. The summed E-state index contributed by atoms with van der Waals surface area (Å²) in [7, 11) is 0. The zero-order chi connectivity index (χ0) is 17.4. The molecule has 0 atom stereocenters. The van der Waals surface area contributed by atoms with Crippen LogP contribution in [0, 0.1) is 0 Å². The van der Waals surface area contributed by atoms with Crippen molar-refractivity contribution < 1.29 is 0 Å². The Morgan fingerprint density at radius 3 is 2.62 bits per heavy atom. The predicted octanol–water partition coefficient (Wildman–Crippen LogP) is 7.14. The van der Waals surface area contributed by atoms with Crippen molar-refractivity contribution in [2.75, 3.05) is 5.75 Å². The summed E-state index contributed by atoms with van der Waals surface area (Å²) in [4.78, 5) is 5.31. The van der Waals surface area contributed by atoms with Gasteiger partial charge in [0.1, 0.15) is 0 Å². The van der Waals surface area contributed by atoms with Gasteiger partial charge in [0.25, 0.3) is 0 Å². The number of allylic oxidation sites excluding steroid dienone is 4. The average Bonchev–Trinajstić information content (AvgIpc) is 2.59. The molecular weight excluding hydrogens is 330 g/mol. The Kier molecular flexibility index (Phi) is 7.45. The first-order valence-electron chi connectivity index (χ1n) is 8.24. The van der Waals surface area contributed by atoms with E-state index in [2.05, 4.69) is 78.7 Å². The summed E-state index contributed by atoms with van der Waals surface area (Å²) < 4.78 is 0. The van der Waals surface area contributed by atoms with Gasteiger partial charge in [-0.05, 0) is 84.4 Å². The van der Waals surface area contributed by atoms with Crippen LogP contribution in [-0.2, 0) is 0 Å². The first-order chi connectivity index (χ1) is 11.6. The van der Waals surface area contributed by atoms with Crippen molar-refractivity contribution in [3.05, 3.63) is 59.8 Å². The number of fused-ring (bicyclic) bond motifs is 1. The third-order valence-electron chi connectivity index (χ3n) is 3.83. The third kappa shape index (κ3) is 5.45. The molecule has 124 valence electrons. The lowest BCUT2D eigenvalue weighted by molar-refractivity contribution is 0.896. The van der Waals surface area contributed by atoms with Gasteiger partial charge in [-0.25, -0.2) is 0 Å². The van der Waals surface area contributed by atoms with E-state index in [0.29, 0.717) is 0 Å². The lowest BCUT2D eigenvalue weighted by Crippen LogP contribution is -1.83. The number of benzene rings is 2. The van der Waals surface area contributed by atoms with E-state index in [1.807, 2.05) is 24.8 Å². The lowest BCUT2D eigenvalue weighted by Gasteiger charge is -2.06. The second-order valence-corrected chi connectivity index (χ2v) is 7.14. The second kappa shape index (κ2) is 9.58. The Labute approximate surface area is 154 Å². The fourth-order valence-electron chi connectivity index (χ4n) is 2.34. The summed E-state index contributed by atoms with van der Waals surface area (Å²) in [6.07, 6.45) is 6.55. The first-order valence-corrected chi connectivity index (χ1v) is 9.63. The van der Waals surface area contributed by atoms with Crippen LogP contribution < -0.4 is 0 Å². The number of thiocarbonyl (C=S) groups is 1. The van der Waals surface area contributed by atoms with Crippen LogP contribution in [0.15, 0.2) is 64.1 Å². The molecule has 0 bridgehead atoms. The van der Waals surface area contributed by atoms with Crippen molar-refractivity contribution in [2.24, 2.45) is 4.99 Å². The van der Waals surface area contributed by atoms with Crippen molar-refractivity contribution in [1.82, 2.24) is 0 Å². The monoisotopic (exact) mass is 353 g/mol. The van der Waals surface area contributed by atoms with Gasteiger partial charge in [0, 0.05) is 10.6 Å². The molecule has 2 aromatic carbocycles. The number of hydrogen-bond donors (Lipinski definition) is 0. The topological polar surface area (TPSA) is 12.4 Å². The highest BCUT2D eigenvalue weighted by Gasteiger charge is 2.01. The van der Waals surface area contributed by atoms with E-state index in [-0.39, 0.29) is 0 Å². The van der Waals surface area contributed by atoms with Crippen LogP contribution in [-0.4, -0.2) is 10.9 Å². The van der Waals surface area contributed by atoms with Gasteiger partial charge in [0.2, 0.25) is 0 Å². The van der Waals surface area contributed by atoms with Crippen LogP contribution in [0.2, 0.25) is 0 Å². The molecule has 0 aromatic heterocycles. The van der Waals surface area contributed by atoms with E-state index in [4.69, 9.17) is 0 Å². The zero-order valence-corrected chi connectivity index (χ0v) is 16.1. The second-order valence-electron chi connectivity index (χ2n) is 5.79. The third-order valence-corrected chi connectivity index (χ3v) is 5.00. The van der Waals surface area contributed by atoms with Crippen LogP contribution >= 0.6 is 24.0 Å². The van der Waals surface area contributed by atoms with E-state index >= 15 is 0 Å². The molecule has 0 saturated carbocycles. The Bertz CT molecular complexity index is 812. The molecule has 0 N–H and O–H groups in total. The number of rotatable bonds is 7. The van der Waals surface area contributed by atoms with Crippen molar-refractivity contribution in [3.63, 3.8) is 0 Å². The van der Waals surface area contributed by atoms with Crippen molar-refractivity contribution in [3.8, 4) is 0 Å². The smallest absolute Gasteiger partial charge is 0.0637 e. The first kappa shape index (κ1) is 18.7. The summed E-state index contributed by atoms with van der Waals surface area (Å²) in [5, 5.41) is 4.96. The van der Waals surface area contributed by atoms with Crippen LogP contribution in [0.5, 0.6) is 0 Å². The Hall–Kier alpha value is -1.67. The Morgan fingerprint density at radius 1 is 1.12 bits per heavy atom.